The van der Waals surface area contributed by atoms with Crippen LogP contribution in [0.25, 0.3) is 11.4 Å². The van der Waals surface area contributed by atoms with Gasteiger partial charge in [0.25, 0.3) is 5.91 Å². The number of nitrogens with one attached hydrogen (secondary N) is 1. The lowest BCUT2D eigenvalue weighted by Crippen LogP contribution is -2.27. The minimum atomic E-state index is -0.443. The lowest BCUT2D eigenvalue weighted by atomic mass is 10.2. The molecule has 134 valence electrons. The first kappa shape index (κ1) is 17.9. The van der Waals surface area contributed by atoms with Crippen LogP contribution in [-0.2, 0) is 0 Å². The molecule has 0 saturated carbocycles. The highest BCUT2D eigenvalue weighted by Gasteiger charge is 2.19. The molecule has 1 amide bonds. The molecule has 0 saturated heterocycles. The molecule has 6 nitrogen and oxygen atoms in total. The van der Waals surface area contributed by atoms with Gasteiger partial charge < -0.3 is 14.7 Å². The van der Waals surface area contributed by atoms with E-state index in [4.69, 9.17) is 16.1 Å². The second kappa shape index (κ2) is 7.58. The van der Waals surface area contributed by atoms with Crippen LogP contribution in [0.3, 0.4) is 0 Å². The summed E-state index contributed by atoms with van der Waals surface area (Å²) in [6, 6.07) is 14.2. The van der Waals surface area contributed by atoms with E-state index >= 15 is 0 Å². The van der Waals surface area contributed by atoms with Gasteiger partial charge in [-0.3, -0.25) is 4.79 Å². The first-order valence-electron chi connectivity index (χ1n) is 8.12. The van der Waals surface area contributed by atoms with Crippen LogP contribution in [0.4, 0.5) is 5.69 Å². The second-order valence-electron chi connectivity index (χ2n) is 6.07. The monoisotopic (exact) mass is 370 g/mol. The van der Waals surface area contributed by atoms with E-state index in [1.165, 1.54) is 0 Å². The smallest absolute Gasteiger partial charge is 0.253 e. The maximum Gasteiger partial charge on any atom is 0.253 e. The van der Waals surface area contributed by atoms with Crippen molar-refractivity contribution in [2.45, 2.75) is 13.0 Å². The molecule has 26 heavy (non-hydrogen) atoms. The van der Waals surface area contributed by atoms with Crippen LogP contribution < -0.4 is 10.2 Å². The zero-order chi connectivity index (χ0) is 18.7. The van der Waals surface area contributed by atoms with Crippen molar-refractivity contribution in [1.82, 2.24) is 15.5 Å². The molecule has 1 unspecified atom stereocenters. The summed E-state index contributed by atoms with van der Waals surface area (Å²) in [5.41, 5.74) is 2.33. The van der Waals surface area contributed by atoms with E-state index in [2.05, 4.69) is 15.5 Å². The zero-order valence-electron chi connectivity index (χ0n) is 14.7. The molecule has 2 aromatic carbocycles. The van der Waals surface area contributed by atoms with Crippen LogP contribution in [0.2, 0.25) is 5.02 Å². The number of benzene rings is 2. The van der Waals surface area contributed by atoms with Gasteiger partial charge >= 0.3 is 0 Å². The number of nitrogens with zero attached hydrogens (tertiary/aromatic N) is 3. The molecule has 3 rings (SSSR count). The molecule has 1 heterocycles. The van der Waals surface area contributed by atoms with Crippen LogP contribution in [-0.4, -0.2) is 30.1 Å². The Hall–Kier alpha value is -2.86. The summed E-state index contributed by atoms with van der Waals surface area (Å²) < 4.78 is 5.31. The largest absolute Gasteiger partial charge is 0.378 e. The number of hydrogen-bond donors (Lipinski definition) is 1. The van der Waals surface area contributed by atoms with Crippen LogP contribution in [0.1, 0.15) is 29.2 Å². The zero-order valence-corrected chi connectivity index (χ0v) is 15.5. The number of halogens is 1. The Kier molecular flexibility index (Phi) is 5.23. The maximum absolute atomic E-state index is 12.3. The predicted octanol–water partition coefficient (Wildman–Crippen LogP) is 3.95. The summed E-state index contributed by atoms with van der Waals surface area (Å²) in [4.78, 5) is 18.7. The minimum absolute atomic E-state index is 0.293. The maximum atomic E-state index is 12.3. The lowest BCUT2D eigenvalue weighted by Gasteiger charge is -2.11. The summed E-state index contributed by atoms with van der Waals surface area (Å²) in [6.07, 6.45) is 0. The quantitative estimate of drug-likeness (QED) is 0.736. The highest BCUT2D eigenvalue weighted by atomic mass is 35.5. The van der Waals surface area contributed by atoms with E-state index in [0.29, 0.717) is 22.3 Å². The third kappa shape index (κ3) is 3.86. The number of amides is 1. The minimum Gasteiger partial charge on any atom is -0.378 e. The molecule has 0 spiro atoms. The summed E-state index contributed by atoms with van der Waals surface area (Å²) >= 11 is 6.05. The molecule has 0 aliphatic rings. The van der Waals surface area contributed by atoms with Crippen molar-refractivity contribution >= 4 is 23.2 Å². The summed E-state index contributed by atoms with van der Waals surface area (Å²) in [5, 5.41) is 7.21. The van der Waals surface area contributed by atoms with E-state index < -0.39 is 6.04 Å². The molecule has 0 radical (unpaired) electrons. The van der Waals surface area contributed by atoms with Gasteiger partial charge in [-0.2, -0.15) is 4.98 Å². The number of carbonyl (C=O) groups is 1. The summed E-state index contributed by atoms with van der Waals surface area (Å²) in [5.74, 6) is 0.513. The van der Waals surface area contributed by atoms with Crippen molar-refractivity contribution < 1.29 is 9.32 Å². The van der Waals surface area contributed by atoms with Gasteiger partial charge in [0.2, 0.25) is 11.7 Å². The molecule has 3 aromatic rings. The third-order valence-electron chi connectivity index (χ3n) is 3.92. The van der Waals surface area contributed by atoms with Crippen LogP contribution in [0, 0.1) is 0 Å². The Labute approximate surface area is 156 Å². The normalized spacial score (nSPS) is 11.8. The van der Waals surface area contributed by atoms with Crippen molar-refractivity contribution in [3.8, 4) is 11.4 Å². The first-order chi connectivity index (χ1) is 12.5. The van der Waals surface area contributed by atoms with Gasteiger partial charge in [-0.15, -0.1) is 0 Å². The van der Waals surface area contributed by atoms with Gasteiger partial charge in [0.15, 0.2) is 0 Å². The lowest BCUT2D eigenvalue weighted by molar-refractivity contribution is 0.0932. The van der Waals surface area contributed by atoms with Crippen molar-refractivity contribution in [3.05, 3.63) is 65.0 Å². The summed E-state index contributed by atoms with van der Waals surface area (Å²) in [6.45, 7) is 1.78. The highest BCUT2D eigenvalue weighted by molar-refractivity contribution is 6.33. The Balaban J connectivity index is 1.72. The highest BCUT2D eigenvalue weighted by Crippen LogP contribution is 2.22. The van der Waals surface area contributed by atoms with Gasteiger partial charge in [0.1, 0.15) is 6.04 Å². The predicted molar refractivity (Wildman–Crippen MR) is 101 cm³/mol. The van der Waals surface area contributed by atoms with Gasteiger partial charge in [0, 0.05) is 25.3 Å². The Morgan fingerprint density at radius 3 is 2.50 bits per heavy atom. The second-order valence-corrected chi connectivity index (χ2v) is 6.48. The van der Waals surface area contributed by atoms with E-state index in [0.717, 1.165) is 11.3 Å². The van der Waals surface area contributed by atoms with Crippen molar-refractivity contribution in [3.63, 3.8) is 0 Å². The Morgan fingerprint density at radius 2 is 1.85 bits per heavy atom. The van der Waals surface area contributed by atoms with Gasteiger partial charge in [-0.25, -0.2) is 0 Å². The number of rotatable bonds is 5. The van der Waals surface area contributed by atoms with Crippen LogP contribution in [0.15, 0.2) is 53.1 Å². The SMILES string of the molecule is CC(NC(=O)c1ccccc1Cl)c1nc(-c2ccc(N(C)C)cc2)no1. The van der Waals surface area contributed by atoms with E-state index in [-0.39, 0.29) is 5.91 Å². The molecule has 1 N–H and O–H groups in total. The molecule has 0 aliphatic heterocycles. The van der Waals surface area contributed by atoms with Gasteiger partial charge in [0.05, 0.1) is 10.6 Å². The molecule has 0 aliphatic carbocycles. The van der Waals surface area contributed by atoms with Crippen molar-refractivity contribution in [2.24, 2.45) is 0 Å². The Morgan fingerprint density at radius 1 is 1.15 bits per heavy atom. The molecule has 7 heteroatoms. The molecule has 0 bridgehead atoms. The van der Waals surface area contributed by atoms with Gasteiger partial charge in [-0.05, 0) is 43.3 Å². The molecule has 0 fully saturated rings. The third-order valence-corrected chi connectivity index (χ3v) is 4.25. The Bertz CT molecular complexity index is 906. The number of aromatic nitrogens is 2. The fourth-order valence-electron chi connectivity index (χ4n) is 2.42. The number of anilines is 1. The van der Waals surface area contributed by atoms with E-state index in [9.17, 15) is 4.79 Å². The van der Waals surface area contributed by atoms with Crippen molar-refractivity contribution in [2.75, 3.05) is 19.0 Å². The molecular formula is C19H19ClN4O2. The van der Waals surface area contributed by atoms with Crippen molar-refractivity contribution in [1.29, 1.82) is 0 Å². The fourth-order valence-corrected chi connectivity index (χ4v) is 2.64. The molecular weight excluding hydrogens is 352 g/mol. The first-order valence-corrected chi connectivity index (χ1v) is 8.50. The molecule has 1 aromatic heterocycles. The molecule has 1 atom stereocenters. The van der Waals surface area contributed by atoms with E-state index in [1.807, 2.05) is 43.3 Å². The van der Waals surface area contributed by atoms with Crippen LogP contribution >= 0.6 is 11.6 Å². The number of carbonyl (C=O) groups excluding carboxylic acids is 1. The topological polar surface area (TPSA) is 71.3 Å². The van der Waals surface area contributed by atoms with Crippen LogP contribution in [0.5, 0.6) is 0 Å². The average Bonchev–Trinajstić information content (AvgIpc) is 3.12. The average molecular weight is 371 g/mol. The number of hydrogen-bond acceptors (Lipinski definition) is 5. The van der Waals surface area contributed by atoms with E-state index in [1.54, 1.807) is 31.2 Å². The fraction of sp³-hybridized carbons (Fsp3) is 0.211. The summed E-state index contributed by atoms with van der Waals surface area (Å²) in [7, 11) is 3.95. The van der Waals surface area contributed by atoms with Gasteiger partial charge in [-0.1, -0.05) is 28.9 Å². The standard InChI is InChI=1S/C19H19ClN4O2/c1-12(21-18(25)15-6-4-5-7-16(15)20)19-22-17(23-26-19)13-8-10-14(11-9-13)24(2)3/h4-12H,1-3H3,(H,21,25).